The quantitative estimate of drug-likeness (QED) is 0.905. The minimum atomic E-state index is -0.715. The first-order valence-corrected chi connectivity index (χ1v) is 6.06. The third-order valence-corrected chi connectivity index (χ3v) is 4.32. The van der Waals surface area contributed by atoms with Gasteiger partial charge in [0, 0.05) is 10.1 Å². The van der Waals surface area contributed by atoms with Gasteiger partial charge in [-0.15, -0.1) is 11.8 Å². The van der Waals surface area contributed by atoms with Gasteiger partial charge in [0.2, 0.25) is 0 Å². The predicted octanol–water partition coefficient (Wildman–Crippen LogP) is 3.56. The van der Waals surface area contributed by atoms with E-state index in [0.717, 1.165) is 11.3 Å². The summed E-state index contributed by atoms with van der Waals surface area (Å²) < 4.78 is 0. The van der Waals surface area contributed by atoms with Crippen LogP contribution in [0.5, 0.6) is 0 Å². The number of hydrogen-bond donors (Lipinski definition) is 1. The molecule has 2 unspecified atom stereocenters. The number of benzene rings is 1. The molecule has 1 aliphatic carbocycles. The number of aliphatic carboxylic acids is 1. The number of carbonyl (C=O) groups is 1. The van der Waals surface area contributed by atoms with Crippen LogP contribution in [0.15, 0.2) is 23.1 Å². The maximum absolute atomic E-state index is 10.6. The second-order valence-electron chi connectivity index (χ2n) is 3.41. The number of halogens is 2. The van der Waals surface area contributed by atoms with Gasteiger partial charge in [0.15, 0.2) is 0 Å². The third kappa shape index (κ3) is 2.60. The number of thioether (sulfide) groups is 1. The van der Waals surface area contributed by atoms with E-state index in [1.54, 1.807) is 23.9 Å². The second-order valence-corrected chi connectivity index (χ2v) is 5.54. The summed E-state index contributed by atoms with van der Waals surface area (Å²) in [5, 5.41) is 9.95. The van der Waals surface area contributed by atoms with Crippen LogP contribution in [0.25, 0.3) is 0 Å². The smallest absolute Gasteiger partial charge is 0.307 e. The molecule has 0 heterocycles. The largest absolute Gasteiger partial charge is 0.481 e. The second kappa shape index (κ2) is 4.24. The van der Waals surface area contributed by atoms with Crippen molar-refractivity contribution in [2.45, 2.75) is 16.6 Å². The Labute approximate surface area is 102 Å². The first kappa shape index (κ1) is 11.1. The van der Waals surface area contributed by atoms with E-state index in [1.165, 1.54) is 0 Å². The van der Waals surface area contributed by atoms with E-state index in [2.05, 4.69) is 0 Å². The molecule has 1 fully saturated rings. The Morgan fingerprint density at radius 2 is 2.13 bits per heavy atom. The molecule has 1 aromatic rings. The molecule has 0 spiro atoms. The van der Waals surface area contributed by atoms with Gasteiger partial charge in [-0.05, 0) is 24.6 Å². The monoisotopic (exact) mass is 262 g/mol. The van der Waals surface area contributed by atoms with Gasteiger partial charge < -0.3 is 5.11 Å². The van der Waals surface area contributed by atoms with Crippen molar-refractivity contribution in [1.29, 1.82) is 0 Å². The Kier molecular flexibility index (Phi) is 3.14. The Balaban J connectivity index is 2.01. The van der Waals surface area contributed by atoms with Gasteiger partial charge in [-0.25, -0.2) is 0 Å². The zero-order chi connectivity index (χ0) is 11.0. The van der Waals surface area contributed by atoms with Crippen LogP contribution in [0, 0.1) is 5.92 Å². The molecule has 2 rings (SSSR count). The van der Waals surface area contributed by atoms with Gasteiger partial charge in [0.05, 0.1) is 16.0 Å². The molecule has 0 aliphatic heterocycles. The van der Waals surface area contributed by atoms with Crippen LogP contribution < -0.4 is 0 Å². The average molecular weight is 263 g/mol. The standard InChI is InChI=1S/C10H8Cl2O2S/c11-7-2-1-5(3-8(7)12)15-9-4-6(9)10(13)14/h1-3,6,9H,4H2,(H,13,14). The van der Waals surface area contributed by atoms with E-state index in [-0.39, 0.29) is 11.2 Å². The van der Waals surface area contributed by atoms with Crippen LogP contribution in [0.1, 0.15) is 6.42 Å². The molecular weight excluding hydrogens is 255 g/mol. The lowest BCUT2D eigenvalue weighted by atomic mass is 10.4. The Bertz CT molecular complexity index is 408. The number of carboxylic acids is 1. The zero-order valence-electron chi connectivity index (χ0n) is 7.61. The van der Waals surface area contributed by atoms with Crippen molar-refractivity contribution < 1.29 is 9.90 Å². The summed E-state index contributed by atoms with van der Waals surface area (Å²) in [5.74, 6) is -0.919. The van der Waals surface area contributed by atoms with Crippen LogP contribution in [0.3, 0.4) is 0 Å². The van der Waals surface area contributed by atoms with Gasteiger partial charge in [-0.1, -0.05) is 23.2 Å². The highest BCUT2D eigenvalue weighted by Crippen LogP contribution is 2.45. The van der Waals surface area contributed by atoms with Crippen LogP contribution in [-0.2, 0) is 4.79 Å². The number of hydrogen-bond acceptors (Lipinski definition) is 2. The lowest BCUT2D eigenvalue weighted by molar-refractivity contribution is -0.138. The number of rotatable bonds is 3. The molecule has 15 heavy (non-hydrogen) atoms. The summed E-state index contributed by atoms with van der Waals surface area (Å²) in [6.07, 6.45) is 0.736. The Morgan fingerprint density at radius 3 is 2.67 bits per heavy atom. The summed E-state index contributed by atoms with van der Waals surface area (Å²) in [6, 6.07) is 5.35. The summed E-state index contributed by atoms with van der Waals surface area (Å²) in [7, 11) is 0. The lowest BCUT2D eigenvalue weighted by Gasteiger charge is -2.01. The van der Waals surface area contributed by atoms with E-state index in [9.17, 15) is 4.79 Å². The van der Waals surface area contributed by atoms with Crippen LogP contribution in [0.2, 0.25) is 10.0 Å². The van der Waals surface area contributed by atoms with Crippen molar-refractivity contribution in [2.24, 2.45) is 5.92 Å². The minimum Gasteiger partial charge on any atom is -0.481 e. The molecule has 1 N–H and O–H groups in total. The molecule has 0 amide bonds. The van der Waals surface area contributed by atoms with E-state index < -0.39 is 5.97 Å². The van der Waals surface area contributed by atoms with Crippen molar-refractivity contribution >= 4 is 40.9 Å². The summed E-state index contributed by atoms with van der Waals surface area (Å²) in [6.45, 7) is 0. The zero-order valence-corrected chi connectivity index (χ0v) is 9.94. The molecule has 0 radical (unpaired) electrons. The highest BCUT2D eigenvalue weighted by Gasteiger charge is 2.43. The van der Waals surface area contributed by atoms with Crippen molar-refractivity contribution in [3.05, 3.63) is 28.2 Å². The molecule has 1 saturated carbocycles. The maximum Gasteiger partial charge on any atom is 0.307 e. The van der Waals surface area contributed by atoms with Gasteiger partial charge in [-0.2, -0.15) is 0 Å². The normalized spacial score (nSPS) is 23.9. The van der Waals surface area contributed by atoms with Gasteiger partial charge in [0.1, 0.15) is 0 Å². The first-order chi connectivity index (χ1) is 7.08. The molecule has 1 aliphatic rings. The highest BCUT2D eigenvalue weighted by molar-refractivity contribution is 8.00. The van der Waals surface area contributed by atoms with Crippen molar-refractivity contribution in [3.8, 4) is 0 Å². The van der Waals surface area contributed by atoms with Crippen molar-refractivity contribution in [1.82, 2.24) is 0 Å². The fraction of sp³-hybridized carbons (Fsp3) is 0.300. The van der Waals surface area contributed by atoms with Crippen LogP contribution in [0.4, 0.5) is 0 Å². The van der Waals surface area contributed by atoms with E-state index in [0.29, 0.717) is 10.0 Å². The van der Waals surface area contributed by atoms with E-state index >= 15 is 0 Å². The summed E-state index contributed by atoms with van der Waals surface area (Å²) >= 11 is 13.2. The van der Waals surface area contributed by atoms with Gasteiger partial charge in [0.25, 0.3) is 0 Å². The Hall–Kier alpha value is -0.380. The molecule has 2 nitrogen and oxygen atoms in total. The molecule has 1 aromatic carbocycles. The SMILES string of the molecule is O=C(O)C1CC1Sc1ccc(Cl)c(Cl)c1. The van der Waals surface area contributed by atoms with Crippen molar-refractivity contribution in [2.75, 3.05) is 0 Å². The fourth-order valence-electron chi connectivity index (χ4n) is 1.29. The van der Waals surface area contributed by atoms with Gasteiger partial charge >= 0.3 is 5.97 Å². The molecule has 0 aromatic heterocycles. The molecule has 2 atom stereocenters. The molecule has 80 valence electrons. The Morgan fingerprint density at radius 1 is 1.40 bits per heavy atom. The third-order valence-electron chi connectivity index (χ3n) is 2.23. The molecule has 0 bridgehead atoms. The van der Waals surface area contributed by atoms with Crippen LogP contribution >= 0.6 is 35.0 Å². The maximum atomic E-state index is 10.6. The molecular formula is C10H8Cl2O2S. The van der Waals surface area contributed by atoms with Gasteiger partial charge in [-0.3, -0.25) is 4.79 Å². The minimum absolute atomic E-state index is 0.180. The fourth-order valence-corrected chi connectivity index (χ4v) is 2.92. The van der Waals surface area contributed by atoms with E-state index in [1.807, 2.05) is 6.07 Å². The lowest BCUT2D eigenvalue weighted by Crippen LogP contribution is -1.99. The summed E-state index contributed by atoms with van der Waals surface area (Å²) in [4.78, 5) is 11.6. The highest BCUT2D eigenvalue weighted by atomic mass is 35.5. The summed E-state index contributed by atoms with van der Waals surface area (Å²) in [5.41, 5.74) is 0. The molecule has 5 heteroatoms. The first-order valence-electron chi connectivity index (χ1n) is 4.42. The topological polar surface area (TPSA) is 37.3 Å². The molecule has 0 saturated heterocycles. The van der Waals surface area contributed by atoms with E-state index in [4.69, 9.17) is 28.3 Å². The van der Waals surface area contributed by atoms with Crippen LogP contribution in [-0.4, -0.2) is 16.3 Å². The predicted molar refractivity (Wildman–Crippen MR) is 61.8 cm³/mol. The van der Waals surface area contributed by atoms with Crippen molar-refractivity contribution in [3.63, 3.8) is 0 Å². The number of carboxylic acid groups (broad SMARTS) is 1. The average Bonchev–Trinajstić information content (AvgIpc) is 2.91.